The second kappa shape index (κ2) is 4.13. The largest absolute Gasteiger partial charge is 0.188 e. The third-order valence-electron chi connectivity index (χ3n) is 2.45. The van der Waals surface area contributed by atoms with Gasteiger partial charge in [0.2, 0.25) is 0 Å². The number of alkyl halides is 1. The zero-order chi connectivity index (χ0) is 9.97. The van der Waals surface area contributed by atoms with E-state index in [1.54, 1.807) is 4.80 Å². The minimum Gasteiger partial charge on any atom is -0.188 e. The quantitative estimate of drug-likeness (QED) is 0.554. The van der Waals surface area contributed by atoms with Crippen molar-refractivity contribution in [2.45, 2.75) is 31.1 Å². The van der Waals surface area contributed by atoms with Gasteiger partial charge in [-0.15, -0.1) is 11.6 Å². The number of allylic oxidation sites excluding steroid dienone is 2. The Balaban J connectivity index is 2.03. The molecule has 1 atom stereocenters. The highest BCUT2D eigenvalue weighted by atomic mass is 35.5. The number of halogens is 1. The van der Waals surface area contributed by atoms with Crippen LogP contribution in [0.15, 0.2) is 17.8 Å². The fraction of sp³-hybridized carbons (Fsp3) is 0.600. The summed E-state index contributed by atoms with van der Waals surface area (Å²) in [5.41, 5.74) is 2.43. The number of hydrogen-bond donors (Lipinski definition) is 0. The van der Waals surface area contributed by atoms with E-state index in [0.717, 1.165) is 25.0 Å². The summed E-state index contributed by atoms with van der Waals surface area (Å²) < 4.78 is 0. The van der Waals surface area contributed by atoms with Gasteiger partial charge in [0, 0.05) is 13.5 Å². The van der Waals surface area contributed by atoms with Crippen molar-refractivity contribution < 1.29 is 0 Å². The van der Waals surface area contributed by atoms with E-state index in [9.17, 15) is 0 Å². The molecule has 14 heavy (non-hydrogen) atoms. The van der Waals surface area contributed by atoms with E-state index >= 15 is 0 Å². The van der Waals surface area contributed by atoms with Gasteiger partial charge in [-0.3, -0.25) is 0 Å². The number of aryl methyl sites for hydroxylation is 1. The summed E-state index contributed by atoms with van der Waals surface area (Å²) in [6.07, 6.45) is 8.33. The maximum absolute atomic E-state index is 6.07. The zero-order valence-electron chi connectivity index (χ0n) is 8.28. The highest BCUT2D eigenvalue weighted by molar-refractivity contribution is 6.21. The van der Waals surface area contributed by atoms with Crippen LogP contribution in [0, 0.1) is 0 Å². The molecule has 2 rings (SSSR count). The van der Waals surface area contributed by atoms with Crippen LogP contribution in [0.4, 0.5) is 0 Å². The molecule has 0 saturated carbocycles. The molecule has 0 fully saturated rings. The van der Waals surface area contributed by atoms with Gasteiger partial charge in [0.1, 0.15) is 0 Å². The lowest BCUT2D eigenvalue weighted by Crippen LogP contribution is -2.05. The second-order valence-electron chi connectivity index (χ2n) is 3.74. The molecule has 1 heterocycles. The van der Waals surface area contributed by atoms with Gasteiger partial charge in [-0.05, 0) is 19.3 Å². The summed E-state index contributed by atoms with van der Waals surface area (Å²) >= 11 is 6.07. The van der Waals surface area contributed by atoms with Gasteiger partial charge in [-0.1, -0.05) is 11.6 Å². The van der Waals surface area contributed by atoms with E-state index in [-0.39, 0.29) is 5.38 Å². The molecule has 1 aliphatic rings. The van der Waals surface area contributed by atoms with Crippen molar-refractivity contribution in [3.05, 3.63) is 23.5 Å². The Kier molecular flexibility index (Phi) is 2.87. The summed E-state index contributed by atoms with van der Waals surface area (Å²) in [6, 6.07) is 0. The van der Waals surface area contributed by atoms with E-state index in [0.29, 0.717) is 0 Å². The molecular weight excluding hydrogens is 198 g/mol. The normalized spacial score (nSPS) is 22.1. The zero-order valence-corrected chi connectivity index (χ0v) is 9.04. The Morgan fingerprint density at radius 1 is 1.64 bits per heavy atom. The van der Waals surface area contributed by atoms with Gasteiger partial charge in [0.15, 0.2) is 0 Å². The fourth-order valence-electron chi connectivity index (χ4n) is 1.80. The van der Waals surface area contributed by atoms with Crippen LogP contribution in [0.3, 0.4) is 0 Å². The Hall–Kier alpha value is -0.830. The minimum absolute atomic E-state index is 0.218. The van der Waals surface area contributed by atoms with Gasteiger partial charge in [-0.2, -0.15) is 15.0 Å². The highest BCUT2D eigenvalue weighted by Gasteiger charge is 2.12. The van der Waals surface area contributed by atoms with Crippen molar-refractivity contribution in [3.63, 3.8) is 0 Å². The Bertz CT molecular complexity index is 343. The highest BCUT2D eigenvalue weighted by Crippen LogP contribution is 2.23. The Morgan fingerprint density at radius 3 is 3.14 bits per heavy atom. The summed E-state index contributed by atoms with van der Waals surface area (Å²) in [5, 5.41) is 8.52. The summed E-state index contributed by atoms with van der Waals surface area (Å²) in [5.74, 6) is 0. The molecule has 1 aromatic heterocycles. The maximum atomic E-state index is 6.07. The fourth-order valence-corrected chi connectivity index (χ4v) is 2.13. The molecule has 0 saturated heterocycles. The first-order chi connectivity index (χ1) is 6.74. The maximum Gasteiger partial charge on any atom is 0.0867 e. The molecule has 1 aromatic rings. The first-order valence-electron chi connectivity index (χ1n) is 4.93. The number of aromatic nitrogens is 3. The van der Waals surface area contributed by atoms with Crippen molar-refractivity contribution in [2.24, 2.45) is 7.05 Å². The molecule has 0 amide bonds. The van der Waals surface area contributed by atoms with Crippen LogP contribution < -0.4 is 0 Å². The lowest BCUT2D eigenvalue weighted by atomic mass is 9.96. The Morgan fingerprint density at radius 2 is 2.50 bits per heavy atom. The molecule has 0 bridgehead atoms. The lowest BCUT2D eigenvalue weighted by molar-refractivity contribution is 0.641. The topological polar surface area (TPSA) is 30.7 Å². The Labute approximate surface area is 88.8 Å². The van der Waals surface area contributed by atoms with Gasteiger partial charge in [0.25, 0.3) is 0 Å². The molecular formula is C10H14ClN3. The lowest BCUT2D eigenvalue weighted by Gasteiger charge is -2.15. The summed E-state index contributed by atoms with van der Waals surface area (Å²) in [4.78, 5) is 1.59. The van der Waals surface area contributed by atoms with E-state index in [1.807, 2.05) is 13.2 Å². The van der Waals surface area contributed by atoms with Crippen molar-refractivity contribution in [1.82, 2.24) is 15.0 Å². The van der Waals surface area contributed by atoms with Crippen LogP contribution in [0.5, 0.6) is 0 Å². The van der Waals surface area contributed by atoms with Crippen LogP contribution in [-0.2, 0) is 13.5 Å². The monoisotopic (exact) mass is 211 g/mol. The third kappa shape index (κ3) is 2.35. The molecule has 0 spiro atoms. The third-order valence-corrected chi connectivity index (χ3v) is 2.79. The average molecular weight is 212 g/mol. The molecule has 1 aliphatic carbocycles. The molecule has 76 valence electrons. The SMILES string of the molecule is Cn1ncc(CC2=CC(Cl)CCC2)n1. The summed E-state index contributed by atoms with van der Waals surface area (Å²) in [6.45, 7) is 0. The smallest absolute Gasteiger partial charge is 0.0867 e. The molecule has 0 radical (unpaired) electrons. The minimum atomic E-state index is 0.218. The number of rotatable bonds is 2. The van der Waals surface area contributed by atoms with Crippen molar-refractivity contribution in [1.29, 1.82) is 0 Å². The standard InChI is InChI=1S/C10H14ClN3/c1-14-12-7-10(13-14)6-8-3-2-4-9(11)5-8/h5,7,9H,2-4,6H2,1H3. The van der Waals surface area contributed by atoms with E-state index in [1.165, 1.54) is 12.0 Å². The van der Waals surface area contributed by atoms with E-state index < -0.39 is 0 Å². The van der Waals surface area contributed by atoms with Crippen LogP contribution in [0.2, 0.25) is 0 Å². The molecule has 0 aromatic carbocycles. The van der Waals surface area contributed by atoms with Crippen LogP contribution in [0.25, 0.3) is 0 Å². The predicted octanol–water partition coefficient (Wildman–Crippen LogP) is 2.08. The molecule has 4 heteroatoms. The van der Waals surface area contributed by atoms with Crippen LogP contribution >= 0.6 is 11.6 Å². The van der Waals surface area contributed by atoms with Gasteiger partial charge >= 0.3 is 0 Å². The number of hydrogen-bond acceptors (Lipinski definition) is 2. The molecule has 3 nitrogen and oxygen atoms in total. The van der Waals surface area contributed by atoms with Crippen molar-refractivity contribution in [3.8, 4) is 0 Å². The van der Waals surface area contributed by atoms with E-state index in [4.69, 9.17) is 11.6 Å². The molecule has 1 unspecified atom stereocenters. The van der Waals surface area contributed by atoms with Crippen LogP contribution in [0.1, 0.15) is 25.0 Å². The van der Waals surface area contributed by atoms with Gasteiger partial charge < -0.3 is 0 Å². The van der Waals surface area contributed by atoms with Gasteiger partial charge in [0.05, 0.1) is 17.3 Å². The predicted molar refractivity (Wildman–Crippen MR) is 56.3 cm³/mol. The number of nitrogens with zero attached hydrogens (tertiary/aromatic N) is 3. The first-order valence-corrected chi connectivity index (χ1v) is 5.36. The van der Waals surface area contributed by atoms with Gasteiger partial charge in [-0.25, -0.2) is 0 Å². The van der Waals surface area contributed by atoms with Crippen molar-refractivity contribution >= 4 is 11.6 Å². The average Bonchev–Trinajstić information content (AvgIpc) is 2.51. The van der Waals surface area contributed by atoms with E-state index in [2.05, 4.69) is 16.3 Å². The van der Waals surface area contributed by atoms with Crippen LogP contribution in [-0.4, -0.2) is 20.4 Å². The summed E-state index contributed by atoms with van der Waals surface area (Å²) in [7, 11) is 1.84. The van der Waals surface area contributed by atoms with Crippen molar-refractivity contribution in [2.75, 3.05) is 0 Å². The molecule has 0 aliphatic heterocycles. The second-order valence-corrected chi connectivity index (χ2v) is 4.30. The first kappa shape index (κ1) is 9.71. The molecule has 0 N–H and O–H groups in total.